The fourth-order valence-electron chi connectivity index (χ4n) is 4.96. The summed E-state index contributed by atoms with van der Waals surface area (Å²) in [5.41, 5.74) is 2.87. The maximum absolute atomic E-state index is 14.2. The molecular weight excluding hydrogens is 724 g/mol. The van der Waals surface area contributed by atoms with E-state index in [0.717, 1.165) is 20.1 Å². The average molecular weight is 757 g/mol. The number of carbonyl (C=O) groups is 1. The molecule has 0 radical (unpaired) electrons. The third kappa shape index (κ3) is 7.26. The zero-order valence-corrected chi connectivity index (χ0v) is 29.4. The number of nitrogens with zero attached hydrogens (tertiary/aromatic N) is 2. The predicted molar refractivity (Wildman–Crippen MR) is 182 cm³/mol. The molecule has 0 spiro atoms. The largest absolute Gasteiger partial charge is 0.493 e. The van der Waals surface area contributed by atoms with Crippen LogP contribution >= 0.6 is 43.2 Å². The van der Waals surface area contributed by atoms with E-state index in [0.29, 0.717) is 44.4 Å². The van der Waals surface area contributed by atoms with E-state index < -0.39 is 12.0 Å². The molecule has 1 aliphatic rings. The van der Waals surface area contributed by atoms with Gasteiger partial charge in [0, 0.05) is 14.5 Å². The Hall–Kier alpha value is -3.67. The smallest absolute Gasteiger partial charge is 0.338 e. The standard InChI is InChI=1S/C34H32Br2N2O6S/c1-6-42-33(40)30-20(4)37-34-38(31(30)22-9-13-27(44-19(2)3)28(16-22)41-5)32(39)29(45-34)17-23-15-25(36)12-14-26(23)43-18-21-7-10-24(35)11-8-21/h7-17,19,31H,6,18H2,1-5H3/b29-17-/t31-/m0/s1. The lowest BCUT2D eigenvalue weighted by molar-refractivity contribution is -0.139. The molecule has 2 heterocycles. The van der Waals surface area contributed by atoms with Crippen LogP contribution in [0.1, 0.15) is 50.4 Å². The summed E-state index contributed by atoms with van der Waals surface area (Å²) in [6.07, 6.45) is 1.73. The topological polar surface area (TPSA) is 88.4 Å². The quantitative estimate of drug-likeness (QED) is 0.168. The lowest BCUT2D eigenvalue weighted by atomic mass is 9.95. The highest BCUT2D eigenvalue weighted by atomic mass is 79.9. The number of halogens is 2. The van der Waals surface area contributed by atoms with Crippen LogP contribution in [0.15, 0.2) is 90.7 Å². The number of esters is 1. The van der Waals surface area contributed by atoms with Crippen molar-refractivity contribution >= 4 is 55.2 Å². The van der Waals surface area contributed by atoms with Crippen molar-refractivity contribution in [3.63, 3.8) is 0 Å². The van der Waals surface area contributed by atoms with Gasteiger partial charge in [0.2, 0.25) is 0 Å². The van der Waals surface area contributed by atoms with Gasteiger partial charge in [-0.25, -0.2) is 9.79 Å². The molecule has 3 aromatic carbocycles. The van der Waals surface area contributed by atoms with E-state index in [2.05, 4.69) is 31.9 Å². The van der Waals surface area contributed by atoms with Crippen LogP contribution in [0.25, 0.3) is 6.08 Å². The second-order valence-electron chi connectivity index (χ2n) is 10.5. The van der Waals surface area contributed by atoms with Crippen molar-refractivity contribution in [1.29, 1.82) is 0 Å². The molecule has 1 aliphatic heterocycles. The Balaban J connectivity index is 1.63. The molecule has 0 saturated carbocycles. The fourth-order valence-corrected chi connectivity index (χ4v) is 6.64. The molecule has 0 aliphatic carbocycles. The van der Waals surface area contributed by atoms with Gasteiger partial charge in [-0.1, -0.05) is 61.4 Å². The van der Waals surface area contributed by atoms with E-state index in [4.69, 9.17) is 23.9 Å². The Morgan fingerprint density at radius 1 is 1.02 bits per heavy atom. The van der Waals surface area contributed by atoms with Gasteiger partial charge in [-0.05, 0) is 87.4 Å². The molecular formula is C34H32Br2N2O6S. The molecule has 5 rings (SSSR count). The molecule has 0 unspecified atom stereocenters. The molecule has 8 nitrogen and oxygen atoms in total. The van der Waals surface area contributed by atoms with E-state index in [1.54, 1.807) is 43.7 Å². The minimum absolute atomic E-state index is 0.0681. The third-order valence-electron chi connectivity index (χ3n) is 6.95. The summed E-state index contributed by atoms with van der Waals surface area (Å²) in [5.74, 6) is 1.14. The first-order valence-electron chi connectivity index (χ1n) is 14.3. The Morgan fingerprint density at radius 2 is 1.73 bits per heavy atom. The highest BCUT2D eigenvalue weighted by Gasteiger charge is 2.34. The third-order valence-corrected chi connectivity index (χ3v) is 8.95. The molecule has 0 fully saturated rings. The number of ether oxygens (including phenoxy) is 4. The maximum atomic E-state index is 14.2. The van der Waals surface area contributed by atoms with Gasteiger partial charge in [-0.2, -0.15) is 0 Å². The molecule has 0 N–H and O–H groups in total. The van der Waals surface area contributed by atoms with E-state index in [-0.39, 0.29) is 23.8 Å². The summed E-state index contributed by atoms with van der Waals surface area (Å²) in [5, 5.41) is 0. The number of hydrogen-bond donors (Lipinski definition) is 0. The number of aromatic nitrogens is 1. The summed E-state index contributed by atoms with van der Waals surface area (Å²) in [6, 6.07) is 18.2. The van der Waals surface area contributed by atoms with Gasteiger partial charge in [0.15, 0.2) is 16.3 Å². The first-order valence-corrected chi connectivity index (χ1v) is 16.7. The fraction of sp³-hybridized carbons (Fsp3) is 0.265. The number of benzene rings is 3. The number of methoxy groups -OCH3 is 1. The van der Waals surface area contributed by atoms with Gasteiger partial charge in [-0.3, -0.25) is 9.36 Å². The molecule has 11 heteroatoms. The summed E-state index contributed by atoms with van der Waals surface area (Å²) < 4.78 is 27.0. The van der Waals surface area contributed by atoms with E-state index in [1.165, 1.54) is 11.3 Å². The molecule has 45 heavy (non-hydrogen) atoms. The number of rotatable bonds is 10. The van der Waals surface area contributed by atoms with Crippen molar-refractivity contribution in [3.05, 3.63) is 117 Å². The van der Waals surface area contributed by atoms with Crippen molar-refractivity contribution in [1.82, 2.24) is 4.57 Å². The highest BCUT2D eigenvalue weighted by Crippen LogP contribution is 2.36. The van der Waals surface area contributed by atoms with E-state index in [9.17, 15) is 9.59 Å². The summed E-state index contributed by atoms with van der Waals surface area (Å²) in [7, 11) is 1.56. The van der Waals surface area contributed by atoms with Crippen molar-refractivity contribution in [2.24, 2.45) is 4.99 Å². The molecule has 0 saturated heterocycles. The van der Waals surface area contributed by atoms with E-state index in [1.807, 2.05) is 62.4 Å². The minimum Gasteiger partial charge on any atom is -0.493 e. The average Bonchev–Trinajstić information content (AvgIpc) is 3.30. The van der Waals surface area contributed by atoms with Gasteiger partial charge in [0.05, 0.1) is 41.7 Å². The summed E-state index contributed by atoms with van der Waals surface area (Å²) in [4.78, 5) is 32.7. The van der Waals surface area contributed by atoms with Crippen molar-refractivity contribution in [2.75, 3.05) is 13.7 Å². The number of thiazole rings is 1. The number of allylic oxidation sites excluding steroid dienone is 1. The second kappa shape index (κ2) is 14.2. The zero-order chi connectivity index (χ0) is 32.2. The first-order chi connectivity index (χ1) is 21.6. The van der Waals surface area contributed by atoms with Crippen LogP contribution in [-0.4, -0.2) is 30.4 Å². The number of fused-ring (bicyclic) bond motifs is 1. The van der Waals surface area contributed by atoms with Gasteiger partial charge in [-0.15, -0.1) is 0 Å². The lowest BCUT2D eigenvalue weighted by Gasteiger charge is -2.25. The Morgan fingerprint density at radius 3 is 2.42 bits per heavy atom. The van der Waals surface area contributed by atoms with Crippen molar-refractivity contribution in [3.8, 4) is 17.2 Å². The monoisotopic (exact) mass is 754 g/mol. The first kappa shape index (κ1) is 32.7. The molecule has 0 amide bonds. The van der Waals surface area contributed by atoms with Crippen molar-refractivity contribution < 1.29 is 23.7 Å². The van der Waals surface area contributed by atoms with Gasteiger partial charge < -0.3 is 18.9 Å². The van der Waals surface area contributed by atoms with Crippen LogP contribution < -0.4 is 29.1 Å². The minimum atomic E-state index is -0.792. The van der Waals surface area contributed by atoms with Gasteiger partial charge in [0.25, 0.3) is 5.56 Å². The van der Waals surface area contributed by atoms with Crippen LogP contribution in [0.5, 0.6) is 17.2 Å². The van der Waals surface area contributed by atoms with Crippen LogP contribution in [0, 0.1) is 0 Å². The lowest BCUT2D eigenvalue weighted by Crippen LogP contribution is -2.40. The number of carbonyl (C=O) groups excluding carboxylic acids is 1. The van der Waals surface area contributed by atoms with Crippen LogP contribution in [-0.2, 0) is 16.1 Å². The Bertz CT molecular complexity index is 1950. The van der Waals surface area contributed by atoms with Crippen LogP contribution in [0.2, 0.25) is 0 Å². The van der Waals surface area contributed by atoms with Crippen LogP contribution in [0.4, 0.5) is 0 Å². The normalized spacial score (nSPS) is 14.7. The molecule has 1 atom stereocenters. The predicted octanol–water partition coefficient (Wildman–Crippen LogP) is 6.70. The molecule has 4 aromatic rings. The Labute approximate surface area is 281 Å². The molecule has 0 bridgehead atoms. The van der Waals surface area contributed by atoms with Gasteiger partial charge >= 0.3 is 5.97 Å². The zero-order valence-electron chi connectivity index (χ0n) is 25.4. The molecule has 1 aromatic heterocycles. The highest BCUT2D eigenvalue weighted by molar-refractivity contribution is 9.10. The van der Waals surface area contributed by atoms with Crippen LogP contribution in [0.3, 0.4) is 0 Å². The Kier molecular flexibility index (Phi) is 10.3. The van der Waals surface area contributed by atoms with E-state index >= 15 is 0 Å². The van der Waals surface area contributed by atoms with Crippen molar-refractivity contribution in [2.45, 2.75) is 46.4 Å². The SMILES string of the molecule is CCOC(=O)C1=C(C)N=c2s/c(=C\c3cc(Br)ccc3OCc3ccc(Br)cc3)c(=O)n2[C@H]1c1ccc(OC(C)C)c(OC)c1. The second-order valence-corrected chi connectivity index (χ2v) is 13.3. The summed E-state index contributed by atoms with van der Waals surface area (Å²) >= 11 is 8.26. The number of hydrogen-bond acceptors (Lipinski definition) is 8. The molecule has 234 valence electrons. The van der Waals surface area contributed by atoms with Gasteiger partial charge in [0.1, 0.15) is 12.4 Å². The maximum Gasteiger partial charge on any atom is 0.338 e. The summed E-state index contributed by atoms with van der Waals surface area (Å²) in [6.45, 7) is 7.90.